The number of nitrogens with zero attached hydrogens (tertiary/aromatic N) is 3. The number of rotatable bonds is 5. The highest BCUT2D eigenvalue weighted by Crippen LogP contribution is 2.15. The van der Waals surface area contributed by atoms with Crippen LogP contribution in [-0.2, 0) is 6.42 Å². The fourth-order valence-electron chi connectivity index (χ4n) is 2.34. The number of aromatic nitrogens is 2. The van der Waals surface area contributed by atoms with Gasteiger partial charge in [0, 0.05) is 23.5 Å². The number of hydrogen-bond acceptors (Lipinski definition) is 4. The third kappa shape index (κ3) is 4.90. The highest BCUT2D eigenvalue weighted by molar-refractivity contribution is 9.10. The van der Waals surface area contributed by atoms with Crippen LogP contribution < -0.4 is 15.1 Å². The first-order chi connectivity index (χ1) is 12.1. The molecule has 0 bridgehead atoms. The molecule has 1 aromatic heterocycles. The number of hydrogen-bond donors (Lipinski definition) is 1. The molecule has 0 aliphatic rings. The maximum absolute atomic E-state index is 12.0. The van der Waals surface area contributed by atoms with E-state index < -0.39 is 6.02 Å². The summed E-state index contributed by atoms with van der Waals surface area (Å²) < 4.78 is 7.73. The Balaban J connectivity index is 1.64. The lowest BCUT2D eigenvalue weighted by atomic mass is 10.1. The van der Waals surface area contributed by atoms with Crippen molar-refractivity contribution in [1.29, 1.82) is 0 Å². The summed E-state index contributed by atoms with van der Waals surface area (Å²) in [6.07, 6.45) is 2.43. The molecule has 0 unspecified atom stereocenters. The van der Waals surface area contributed by atoms with Gasteiger partial charge in [-0.05, 0) is 34.5 Å². The lowest BCUT2D eigenvalue weighted by Crippen LogP contribution is -2.39. The summed E-state index contributed by atoms with van der Waals surface area (Å²) in [4.78, 5) is 3.88. The molecular weight excluding hydrogens is 384 g/mol. The van der Waals surface area contributed by atoms with Gasteiger partial charge in [0.15, 0.2) is 6.04 Å². The fourth-order valence-corrected chi connectivity index (χ4v) is 2.60. The predicted molar refractivity (Wildman–Crippen MR) is 96.4 cm³/mol. The summed E-state index contributed by atoms with van der Waals surface area (Å²) in [6, 6.07) is 16.9. The number of nitrogens with one attached hydrogen (secondary N) is 1. The van der Waals surface area contributed by atoms with Crippen LogP contribution in [0.3, 0.4) is 0 Å². The molecule has 3 aromatic rings. The molecule has 0 fully saturated rings. The summed E-state index contributed by atoms with van der Waals surface area (Å²) in [5.74, 6) is 0.162. The van der Waals surface area contributed by atoms with Gasteiger partial charge in [-0.25, -0.2) is 4.99 Å². The highest BCUT2D eigenvalue weighted by Gasteiger charge is 2.19. The smallest absolute Gasteiger partial charge is 0.322 e. The Kier molecular flexibility index (Phi) is 5.45. The molecule has 1 N–H and O–H groups in total. The van der Waals surface area contributed by atoms with E-state index in [1.54, 1.807) is 23.0 Å². The topological polar surface area (TPSA) is 77.4 Å². The first kappa shape index (κ1) is 17.2. The van der Waals surface area contributed by atoms with Crippen molar-refractivity contribution < 1.29 is 14.3 Å². The van der Waals surface area contributed by atoms with Crippen molar-refractivity contribution in [3.63, 3.8) is 0 Å². The minimum Gasteiger partial charge on any atom is -0.846 e. The Morgan fingerprint density at radius 3 is 2.68 bits per heavy atom. The molecule has 0 saturated heterocycles. The number of aliphatic imine (C=N–C) groups is 1. The van der Waals surface area contributed by atoms with E-state index in [9.17, 15) is 5.11 Å². The third-order valence-electron chi connectivity index (χ3n) is 3.60. The SMILES string of the molecule is C[C@H](Cc1ccccc1)[n+]1cc(N=C([O-])Nc2ccc(Br)cc2)on1. The summed E-state index contributed by atoms with van der Waals surface area (Å²) >= 11 is 3.34. The number of halogens is 1. The lowest BCUT2D eigenvalue weighted by Gasteiger charge is -2.11. The highest BCUT2D eigenvalue weighted by atomic mass is 79.9. The number of amidine groups is 1. The molecule has 0 aliphatic heterocycles. The van der Waals surface area contributed by atoms with Crippen LogP contribution in [0.2, 0.25) is 0 Å². The molecule has 0 aliphatic carbocycles. The van der Waals surface area contributed by atoms with Crippen molar-refractivity contribution in [2.75, 3.05) is 5.32 Å². The molecule has 2 aromatic carbocycles. The van der Waals surface area contributed by atoms with Crippen LogP contribution in [0.4, 0.5) is 11.6 Å². The van der Waals surface area contributed by atoms with E-state index in [0.29, 0.717) is 5.69 Å². The lowest BCUT2D eigenvalue weighted by molar-refractivity contribution is -0.782. The Morgan fingerprint density at radius 2 is 1.96 bits per heavy atom. The Morgan fingerprint density at radius 1 is 1.24 bits per heavy atom. The normalized spacial score (nSPS) is 12.8. The van der Waals surface area contributed by atoms with Gasteiger partial charge in [0.1, 0.15) is 0 Å². The van der Waals surface area contributed by atoms with Crippen LogP contribution in [0.5, 0.6) is 0 Å². The van der Waals surface area contributed by atoms with E-state index in [4.69, 9.17) is 4.52 Å². The predicted octanol–water partition coefficient (Wildman–Crippen LogP) is 2.99. The zero-order valence-corrected chi connectivity index (χ0v) is 15.2. The van der Waals surface area contributed by atoms with Crippen LogP contribution in [0, 0.1) is 0 Å². The van der Waals surface area contributed by atoms with E-state index in [1.807, 2.05) is 37.3 Å². The Hall–Kier alpha value is -2.67. The molecule has 7 heteroatoms. The van der Waals surface area contributed by atoms with E-state index >= 15 is 0 Å². The largest absolute Gasteiger partial charge is 0.846 e. The first-order valence-corrected chi connectivity index (χ1v) is 8.60. The van der Waals surface area contributed by atoms with Gasteiger partial charge in [-0.15, -0.1) is 0 Å². The molecule has 1 atom stereocenters. The quantitative estimate of drug-likeness (QED) is 0.405. The van der Waals surface area contributed by atoms with Gasteiger partial charge in [-0.1, -0.05) is 46.3 Å². The average molecular weight is 401 g/mol. The van der Waals surface area contributed by atoms with Crippen LogP contribution in [0.25, 0.3) is 0 Å². The van der Waals surface area contributed by atoms with Gasteiger partial charge >= 0.3 is 5.88 Å². The zero-order valence-electron chi connectivity index (χ0n) is 13.6. The minimum absolute atomic E-state index is 0.0876. The summed E-state index contributed by atoms with van der Waals surface area (Å²) in [7, 11) is 0. The van der Waals surface area contributed by atoms with Crippen LogP contribution in [0.15, 0.2) is 74.8 Å². The van der Waals surface area contributed by atoms with E-state index in [2.05, 4.69) is 43.6 Å². The number of anilines is 1. The number of benzene rings is 2. The second-order valence-electron chi connectivity index (χ2n) is 5.61. The molecule has 0 spiro atoms. The van der Waals surface area contributed by atoms with Crippen molar-refractivity contribution in [3.05, 3.63) is 70.8 Å². The molecule has 25 heavy (non-hydrogen) atoms. The molecule has 1 heterocycles. The van der Waals surface area contributed by atoms with E-state index in [1.165, 1.54) is 5.56 Å². The fraction of sp³-hybridized carbons (Fsp3) is 0.167. The van der Waals surface area contributed by atoms with Gasteiger partial charge in [-0.2, -0.15) is 0 Å². The van der Waals surface area contributed by atoms with Gasteiger partial charge in [-0.3, -0.25) is 4.52 Å². The molecule has 6 nitrogen and oxygen atoms in total. The second kappa shape index (κ2) is 7.94. The minimum atomic E-state index is -0.513. The van der Waals surface area contributed by atoms with Crippen molar-refractivity contribution in [3.8, 4) is 0 Å². The van der Waals surface area contributed by atoms with E-state index in [0.717, 1.165) is 10.9 Å². The van der Waals surface area contributed by atoms with Crippen molar-refractivity contribution in [2.45, 2.75) is 19.4 Å². The zero-order chi connectivity index (χ0) is 17.6. The van der Waals surface area contributed by atoms with Crippen LogP contribution >= 0.6 is 15.9 Å². The van der Waals surface area contributed by atoms with Crippen molar-refractivity contribution in [1.82, 2.24) is 5.27 Å². The van der Waals surface area contributed by atoms with Crippen molar-refractivity contribution >= 4 is 33.5 Å². The second-order valence-corrected chi connectivity index (χ2v) is 6.52. The molecule has 0 radical (unpaired) electrons. The van der Waals surface area contributed by atoms with Crippen LogP contribution in [-0.4, -0.2) is 11.3 Å². The Labute approximate surface area is 153 Å². The maximum atomic E-state index is 12.0. The van der Waals surface area contributed by atoms with Gasteiger partial charge < -0.3 is 10.4 Å². The van der Waals surface area contributed by atoms with Crippen molar-refractivity contribution in [2.24, 2.45) is 4.99 Å². The molecule has 0 amide bonds. The first-order valence-electron chi connectivity index (χ1n) is 7.80. The molecule has 3 rings (SSSR count). The summed E-state index contributed by atoms with van der Waals surface area (Å²) in [5, 5.41) is 18.6. The van der Waals surface area contributed by atoms with E-state index in [-0.39, 0.29) is 11.9 Å². The molecule has 0 saturated carbocycles. The summed E-state index contributed by atoms with van der Waals surface area (Å²) in [6.45, 7) is 2.03. The summed E-state index contributed by atoms with van der Waals surface area (Å²) in [5.41, 5.74) is 1.86. The molecular formula is C18H17BrN4O2. The maximum Gasteiger partial charge on any atom is 0.322 e. The monoisotopic (exact) mass is 400 g/mol. The third-order valence-corrected chi connectivity index (χ3v) is 4.13. The van der Waals surface area contributed by atoms with Crippen LogP contribution in [0.1, 0.15) is 18.5 Å². The van der Waals surface area contributed by atoms with Gasteiger partial charge in [0.25, 0.3) is 6.20 Å². The average Bonchev–Trinajstić information content (AvgIpc) is 3.06. The molecule has 128 valence electrons. The standard InChI is InChI=1S/C18H17BrN4O2/c1-13(11-14-5-3-2-4-6-14)23-12-17(25-22-23)21-18(24)20-16-9-7-15(19)8-10-16/h2-10,12-13H,11H2,1H3,(H-,20,21,22,24)/t13-/m1/s1. The van der Waals surface area contributed by atoms with Gasteiger partial charge in [0.05, 0.1) is 6.02 Å². The van der Waals surface area contributed by atoms with Gasteiger partial charge in [0.2, 0.25) is 5.27 Å². The Bertz CT molecular complexity index is 847.